The molecule has 3 nitrogen and oxygen atoms in total. The van der Waals surface area contributed by atoms with Gasteiger partial charge in [0.15, 0.2) is 11.5 Å². The second-order valence-corrected chi connectivity index (χ2v) is 4.47. The molecule has 0 saturated carbocycles. The number of benzene rings is 1. The molecular formula is C12H16BrNO2. The minimum atomic E-state index is 0.741. The summed E-state index contributed by atoms with van der Waals surface area (Å²) in [4.78, 5) is 2.18. The zero-order valence-corrected chi connectivity index (χ0v) is 11.0. The van der Waals surface area contributed by atoms with E-state index in [1.54, 1.807) is 0 Å². The Morgan fingerprint density at radius 3 is 2.75 bits per heavy atom. The summed E-state index contributed by atoms with van der Waals surface area (Å²) < 4.78 is 11.2. The lowest BCUT2D eigenvalue weighted by Crippen LogP contribution is -2.15. The second kappa shape index (κ2) is 5.55. The SMILES string of the molecule is CN(CBr)Cc1ccc2c(c1)OCCCO2. The van der Waals surface area contributed by atoms with Crippen molar-refractivity contribution in [2.24, 2.45) is 0 Å². The van der Waals surface area contributed by atoms with Crippen LogP contribution in [0.4, 0.5) is 0 Å². The molecule has 88 valence electrons. The first-order valence-electron chi connectivity index (χ1n) is 5.42. The number of nitrogens with zero attached hydrogens (tertiary/aromatic N) is 1. The van der Waals surface area contributed by atoms with Crippen LogP contribution in [-0.4, -0.2) is 30.6 Å². The van der Waals surface area contributed by atoms with E-state index in [-0.39, 0.29) is 0 Å². The molecule has 0 radical (unpaired) electrons. The van der Waals surface area contributed by atoms with Crippen molar-refractivity contribution in [3.05, 3.63) is 23.8 Å². The molecule has 1 heterocycles. The molecular weight excluding hydrogens is 270 g/mol. The third-order valence-corrected chi connectivity index (χ3v) is 3.32. The molecule has 0 bridgehead atoms. The van der Waals surface area contributed by atoms with Crippen LogP contribution in [0.3, 0.4) is 0 Å². The molecule has 1 aliphatic rings. The number of fused-ring (bicyclic) bond motifs is 1. The molecule has 0 N–H and O–H groups in total. The van der Waals surface area contributed by atoms with E-state index in [4.69, 9.17) is 9.47 Å². The monoisotopic (exact) mass is 285 g/mol. The van der Waals surface area contributed by atoms with E-state index in [0.29, 0.717) is 0 Å². The summed E-state index contributed by atoms with van der Waals surface area (Å²) >= 11 is 3.43. The Labute approximate surface area is 104 Å². The van der Waals surface area contributed by atoms with Gasteiger partial charge in [-0.05, 0) is 24.7 Å². The van der Waals surface area contributed by atoms with Crippen LogP contribution in [0.15, 0.2) is 18.2 Å². The van der Waals surface area contributed by atoms with Crippen LogP contribution in [0.25, 0.3) is 0 Å². The molecule has 0 amide bonds. The van der Waals surface area contributed by atoms with Gasteiger partial charge in [0.05, 0.1) is 18.7 Å². The summed E-state index contributed by atoms with van der Waals surface area (Å²) in [6.45, 7) is 2.39. The third kappa shape index (κ3) is 2.89. The zero-order valence-electron chi connectivity index (χ0n) is 9.41. The summed E-state index contributed by atoms with van der Waals surface area (Å²) in [6.07, 6.45) is 0.950. The van der Waals surface area contributed by atoms with E-state index in [1.807, 2.05) is 6.07 Å². The van der Waals surface area contributed by atoms with Gasteiger partial charge in [0.2, 0.25) is 0 Å². The van der Waals surface area contributed by atoms with Gasteiger partial charge in [-0.1, -0.05) is 22.0 Å². The molecule has 1 aromatic carbocycles. The maximum absolute atomic E-state index is 5.65. The van der Waals surface area contributed by atoms with Gasteiger partial charge in [-0.3, -0.25) is 4.90 Å². The summed E-state index contributed by atoms with van der Waals surface area (Å²) in [5.41, 5.74) is 2.10. The van der Waals surface area contributed by atoms with Gasteiger partial charge >= 0.3 is 0 Å². The first-order valence-corrected chi connectivity index (χ1v) is 6.55. The number of hydrogen-bond acceptors (Lipinski definition) is 3. The van der Waals surface area contributed by atoms with Crippen LogP contribution < -0.4 is 9.47 Å². The number of alkyl halides is 1. The van der Waals surface area contributed by atoms with Crippen molar-refractivity contribution in [3.8, 4) is 11.5 Å². The van der Waals surface area contributed by atoms with Crippen LogP contribution in [0, 0.1) is 0 Å². The van der Waals surface area contributed by atoms with E-state index < -0.39 is 0 Å². The van der Waals surface area contributed by atoms with Crippen molar-refractivity contribution in [1.82, 2.24) is 4.90 Å². The van der Waals surface area contributed by atoms with E-state index in [1.165, 1.54) is 5.56 Å². The highest BCUT2D eigenvalue weighted by Crippen LogP contribution is 2.30. The lowest BCUT2D eigenvalue weighted by molar-refractivity contribution is 0.297. The highest BCUT2D eigenvalue weighted by Gasteiger charge is 2.10. The molecule has 0 atom stereocenters. The van der Waals surface area contributed by atoms with Gasteiger partial charge in [-0.15, -0.1) is 0 Å². The Morgan fingerprint density at radius 1 is 1.25 bits per heavy atom. The Bertz CT molecular complexity index is 357. The standard InChI is InChI=1S/C12H16BrNO2/c1-14(9-13)8-10-3-4-11-12(7-10)16-6-2-5-15-11/h3-4,7H,2,5-6,8-9H2,1H3. The lowest BCUT2D eigenvalue weighted by Gasteiger charge is -2.14. The topological polar surface area (TPSA) is 21.7 Å². The van der Waals surface area contributed by atoms with Crippen LogP contribution in [0.5, 0.6) is 11.5 Å². The molecule has 0 fully saturated rings. The van der Waals surface area contributed by atoms with E-state index in [0.717, 1.165) is 43.1 Å². The summed E-state index contributed by atoms with van der Waals surface area (Å²) in [7, 11) is 2.07. The predicted octanol–water partition coefficient (Wildman–Crippen LogP) is 2.63. The van der Waals surface area contributed by atoms with E-state index in [9.17, 15) is 0 Å². The molecule has 0 aliphatic carbocycles. The zero-order chi connectivity index (χ0) is 11.4. The molecule has 0 saturated heterocycles. The van der Waals surface area contributed by atoms with Crippen molar-refractivity contribution >= 4 is 15.9 Å². The fraction of sp³-hybridized carbons (Fsp3) is 0.500. The first-order chi connectivity index (χ1) is 7.79. The average molecular weight is 286 g/mol. The minimum absolute atomic E-state index is 0.741. The normalized spacial score (nSPS) is 14.9. The fourth-order valence-electron chi connectivity index (χ4n) is 1.66. The van der Waals surface area contributed by atoms with Crippen molar-refractivity contribution in [2.75, 3.05) is 25.7 Å². The molecule has 0 aromatic heterocycles. The molecule has 0 unspecified atom stereocenters. The van der Waals surface area contributed by atoms with Gasteiger partial charge < -0.3 is 9.47 Å². The van der Waals surface area contributed by atoms with Crippen molar-refractivity contribution in [1.29, 1.82) is 0 Å². The first kappa shape index (κ1) is 11.7. The van der Waals surface area contributed by atoms with Crippen molar-refractivity contribution in [3.63, 3.8) is 0 Å². The molecule has 2 rings (SSSR count). The summed E-state index contributed by atoms with van der Waals surface area (Å²) in [6, 6.07) is 6.16. The van der Waals surface area contributed by atoms with Crippen LogP contribution in [-0.2, 0) is 6.54 Å². The lowest BCUT2D eigenvalue weighted by atomic mass is 10.2. The summed E-state index contributed by atoms with van der Waals surface area (Å²) in [5, 5.41) is 0. The maximum atomic E-state index is 5.65. The van der Waals surface area contributed by atoms with Gasteiger partial charge in [-0.25, -0.2) is 0 Å². The van der Waals surface area contributed by atoms with Crippen LogP contribution in [0.2, 0.25) is 0 Å². The van der Waals surface area contributed by atoms with E-state index >= 15 is 0 Å². The molecule has 1 aliphatic heterocycles. The fourth-order valence-corrected chi connectivity index (χ4v) is 1.84. The minimum Gasteiger partial charge on any atom is -0.490 e. The highest BCUT2D eigenvalue weighted by atomic mass is 79.9. The molecule has 4 heteroatoms. The largest absolute Gasteiger partial charge is 0.490 e. The molecule has 16 heavy (non-hydrogen) atoms. The van der Waals surface area contributed by atoms with Gasteiger partial charge in [-0.2, -0.15) is 0 Å². The maximum Gasteiger partial charge on any atom is 0.161 e. The Morgan fingerprint density at radius 2 is 2.00 bits per heavy atom. The molecule has 1 aromatic rings. The second-order valence-electron chi connectivity index (χ2n) is 3.97. The summed E-state index contributed by atoms with van der Waals surface area (Å²) in [5.74, 6) is 1.74. The van der Waals surface area contributed by atoms with Crippen LogP contribution >= 0.6 is 15.9 Å². The number of ether oxygens (including phenoxy) is 2. The number of hydrogen-bond donors (Lipinski definition) is 0. The average Bonchev–Trinajstić information content (AvgIpc) is 2.53. The van der Waals surface area contributed by atoms with Crippen LogP contribution in [0.1, 0.15) is 12.0 Å². The molecule has 0 spiro atoms. The number of rotatable bonds is 3. The Balaban J connectivity index is 2.14. The van der Waals surface area contributed by atoms with Gasteiger partial charge in [0.25, 0.3) is 0 Å². The Hall–Kier alpha value is -0.740. The van der Waals surface area contributed by atoms with Gasteiger partial charge in [0.1, 0.15) is 0 Å². The number of halogens is 1. The smallest absolute Gasteiger partial charge is 0.161 e. The quantitative estimate of drug-likeness (QED) is 0.630. The Kier molecular flexibility index (Phi) is 4.07. The van der Waals surface area contributed by atoms with Crippen molar-refractivity contribution in [2.45, 2.75) is 13.0 Å². The van der Waals surface area contributed by atoms with Gasteiger partial charge in [0, 0.05) is 13.0 Å². The van der Waals surface area contributed by atoms with Crippen molar-refractivity contribution < 1.29 is 9.47 Å². The third-order valence-electron chi connectivity index (χ3n) is 2.47. The highest BCUT2D eigenvalue weighted by molar-refractivity contribution is 9.09. The van der Waals surface area contributed by atoms with E-state index in [2.05, 4.69) is 40.0 Å². The predicted molar refractivity (Wildman–Crippen MR) is 67.3 cm³/mol.